The highest BCUT2D eigenvalue weighted by Crippen LogP contribution is 2.35. The van der Waals surface area contributed by atoms with Gasteiger partial charge in [0.2, 0.25) is 11.5 Å². The van der Waals surface area contributed by atoms with Crippen molar-refractivity contribution in [1.82, 2.24) is 23.9 Å². The second-order valence-corrected chi connectivity index (χ2v) is 7.44. The smallest absolute Gasteiger partial charge is 0.232 e. The highest BCUT2D eigenvalue weighted by molar-refractivity contribution is 6.06. The van der Waals surface area contributed by atoms with Gasteiger partial charge in [-0.25, -0.2) is 9.38 Å². The van der Waals surface area contributed by atoms with Gasteiger partial charge in [-0.3, -0.25) is 14.5 Å². The SMILES string of the molecule is c1ccc(-c2ccc(-n3c4c5ccccc5oc4n4c5ccccc5nc34)cn2)nc1. The molecule has 7 rings (SSSR count). The van der Waals surface area contributed by atoms with E-state index in [0.717, 1.165) is 56.1 Å². The van der Waals surface area contributed by atoms with Crippen LogP contribution in [0.1, 0.15) is 0 Å². The molecule has 6 heteroatoms. The number of benzene rings is 2. The van der Waals surface area contributed by atoms with Gasteiger partial charge in [0.15, 0.2) is 0 Å². The first-order chi connectivity index (χ1) is 15.4. The Bertz CT molecular complexity index is 1720. The first kappa shape index (κ1) is 16.4. The van der Waals surface area contributed by atoms with Gasteiger partial charge in [0.1, 0.15) is 11.1 Å². The number of imidazole rings is 2. The van der Waals surface area contributed by atoms with E-state index in [2.05, 4.69) is 37.1 Å². The van der Waals surface area contributed by atoms with Crippen LogP contribution in [0.25, 0.3) is 56.1 Å². The molecule has 0 unspecified atom stereocenters. The molecule has 5 heterocycles. The molecule has 0 fully saturated rings. The molecule has 146 valence electrons. The number of hydrogen-bond donors (Lipinski definition) is 0. The van der Waals surface area contributed by atoms with Gasteiger partial charge in [-0.2, -0.15) is 0 Å². The first-order valence-electron chi connectivity index (χ1n) is 10.1. The van der Waals surface area contributed by atoms with Crippen molar-refractivity contribution in [2.45, 2.75) is 0 Å². The molecule has 0 amide bonds. The lowest BCUT2D eigenvalue weighted by Crippen LogP contribution is -1.97. The zero-order valence-electron chi connectivity index (χ0n) is 16.3. The standard InChI is InChI=1S/C25H15N5O/c1-4-11-22-17(7-1)23-24(31-22)30-21-10-3-2-9-20(21)28-25(30)29(23)16-12-13-19(27-15-16)18-8-5-6-14-26-18/h1-15H. The predicted octanol–water partition coefficient (Wildman–Crippen LogP) is 5.63. The summed E-state index contributed by atoms with van der Waals surface area (Å²) in [4.78, 5) is 14.0. The largest absolute Gasteiger partial charge is 0.437 e. The topological polar surface area (TPSA) is 61.2 Å². The van der Waals surface area contributed by atoms with E-state index in [1.807, 2.05) is 66.9 Å². The highest BCUT2D eigenvalue weighted by Gasteiger charge is 2.22. The van der Waals surface area contributed by atoms with Crippen molar-refractivity contribution >= 4 is 39.0 Å². The minimum atomic E-state index is 0.777. The summed E-state index contributed by atoms with van der Waals surface area (Å²) in [6, 6.07) is 26.0. The van der Waals surface area contributed by atoms with Crippen molar-refractivity contribution in [2.24, 2.45) is 0 Å². The Morgan fingerprint density at radius 2 is 1.58 bits per heavy atom. The number of nitrogens with zero attached hydrogens (tertiary/aromatic N) is 5. The molecule has 0 aliphatic heterocycles. The third kappa shape index (κ3) is 2.24. The van der Waals surface area contributed by atoms with Gasteiger partial charge in [0.25, 0.3) is 0 Å². The zero-order chi connectivity index (χ0) is 20.4. The van der Waals surface area contributed by atoms with E-state index in [4.69, 9.17) is 9.40 Å². The molecule has 0 saturated carbocycles. The maximum atomic E-state index is 6.30. The number of aromatic nitrogens is 5. The van der Waals surface area contributed by atoms with E-state index in [9.17, 15) is 0 Å². The Balaban J connectivity index is 1.57. The molecule has 0 saturated heterocycles. The van der Waals surface area contributed by atoms with E-state index in [0.29, 0.717) is 0 Å². The lowest BCUT2D eigenvalue weighted by Gasteiger charge is -2.06. The summed E-state index contributed by atoms with van der Waals surface area (Å²) in [6.45, 7) is 0. The third-order valence-electron chi connectivity index (χ3n) is 5.65. The van der Waals surface area contributed by atoms with Crippen molar-refractivity contribution in [3.63, 3.8) is 0 Å². The zero-order valence-corrected chi connectivity index (χ0v) is 16.3. The van der Waals surface area contributed by atoms with E-state index in [-0.39, 0.29) is 0 Å². The van der Waals surface area contributed by atoms with Gasteiger partial charge in [0, 0.05) is 11.6 Å². The summed E-state index contributed by atoms with van der Waals surface area (Å²) in [5, 5.41) is 1.04. The number of furan rings is 1. The minimum Gasteiger partial charge on any atom is -0.437 e. The number of pyridine rings is 2. The van der Waals surface area contributed by atoms with E-state index in [1.54, 1.807) is 6.20 Å². The molecule has 0 atom stereocenters. The van der Waals surface area contributed by atoms with Gasteiger partial charge in [-0.05, 0) is 48.5 Å². The van der Waals surface area contributed by atoms with Crippen LogP contribution in [-0.4, -0.2) is 23.9 Å². The number of fused-ring (bicyclic) bond motifs is 7. The van der Waals surface area contributed by atoms with E-state index in [1.165, 1.54) is 0 Å². The van der Waals surface area contributed by atoms with Crippen molar-refractivity contribution in [1.29, 1.82) is 0 Å². The van der Waals surface area contributed by atoms with Crippen LogP contribution in [0.15, 0.2) is 95.7 Å². The maximum Gasteiger partial charge on any atom is 0.232 e. The second kappa shape index (κ2) is 6.03. The van der Waals surface area contributed by atoms with Crippen LogP contribution in [0.2, 0.25) is 0 Å². The highest BCUT2D eigenvalue weighted by atomic mass is 16.3. The Hall–Kier alpha value is -4.45. The van der Waals surface area contributed by atoms with E-state index < -0.39 is 0 Å². The van der Waals surface area contributed by atoms with E-state index >= 15 is 0 Å². The number of rotatable bonds is 2. The Labute approximate surface area is 176 Å². The monoisotopic (exact) mass is 401 g/mol. The van der Waals surface area contributed by atoms with Gasteiger partial charge >= 0.3 is 0 Å². The molecule has 31 heavy (non-hydrogen) atoms. The van der Waals surface area contributed by atoms with Crippen LogP contribution >= 0.6 is 0 Å². The van der Waals surface area contributed by atoms with Crippen LogP contribution in [-0.2, 0) is 0 Å². The molecule has 0 bridgehead atoms. The van der Waals surface area contributed by atoms with Crippen LogP contribution in [0.3, 0.4) is 0 Å². The quantitative estimate of drug-likeness (QED) is 0.376. The third-order valence-corrected chi connectivity index (χ3v) is 5.65. The average molecular weight is 401 g/mol. The van der Waals surface area contributed by atoms with Crippen LogP contribution in [0.4, 0.5) is 0 Å². The van der Waals surface area contributed by atoms with Crippen LogP contribution in [0.5, 0.6) is 0 Å². The minimum absolute atomic E-state index is 0.777. The fourth-order valence-electron chi connectivity index (χ4n) is 4.28. The summed E-state index contributed by atoms with van der Waals surface area (Å²) in [5.41, 5.74) is 7.13. The molecule has 0 aliphatic rings. The Morgan fingerprint density at radius 3 is 2.45 bits per heavy atom. The fraction of sp³-hybridized carbons (Fsp3) is 0. The fourth-order valence-corrected chi connectivity index (χ4v) is 4.28. The molecule has 7 aromatic rings. The molecule has 0 radical (unpaired) electrons. The van der Waals surface area contributed by atoms with Crippen molar-refractivity contribution in [3.8, 4) is 17.1 Å². The van der Waals surface area contributed by atoms with Crippen LogP contribution < -0.4 is 0 Å². The lowest BCUT2D eigenvalue weighted by atomic mass is 10.2. The molecule has 5 aromatic heterocycles. The normalized spacial score (nSPS) is 11.9. The summed E-state index contributed by atoms with van der Waals surface area (Å²) in [5.74, 6) is 0.799. The first-order valence-corrected chi connectivity index (χ1v) is 10.1. The molecule has 0 aliphatic carbocycles. The number of hydrogen-bond acceptors (Lipinski definition) is 4. The molecule has 6 nitrogen and oxygen atoms in total. The summed E-state index contributed by atoms with van der Waals surface area (Å²) in [6.07, 6.45) is 3.64. The molecule has 2 aromatic carbocycles. The van der Waals surface area contributed by atoms with Crippen LogP contribution in [0, 0.1) is 0 Å². The Morgan fingerprint density at radius 1 is 0.742 bits per heavy atom. The number of para-hydroxylation sites is 3. The van der Waals surface area contributed by atoms with Gasteiger partial charge in [-0.15, -0.1) is 0 Å². The van der Waals surface area contributed by atoms with Gasteiger partial charge in [-0.1, -0.05) is 30.3 Å². The summed E-state index contributed by atoms with van der Waals surface area (Å²) >= 11 is 0. The summed E-state index contributed by atoms with van der Waals surface area (Å²) < 4.78 is 10.5. The van der Waals surface area contributed by atoms with Crippen molar-refractivity contribution < 1.29 is 4.42 Å². The van der Waals surface area contributed by atoms with Crippen molar-refractivity contribution in [3.05, 3.63) is 91.3 Å². The molecular formula is C25H15N5O. The summed E-state index contributed by atoms with van der Waals surface area (Å²) in [7, 11) is 0. The average Bonchev–Trinajstić information content (AvgIpc) is 3.47. The molecular weight excluding hydrogens is 386 g/mol. The molecule has 0 N–H and O–H groups in total. The van der Waals surface area contributed by atoms with Crippen molar-refractivity contribution in [2.75, 3.05) is 0 Å². The van der Waals surface area contributed by atoms with Gasteiger partial charge < -0.3 is 4.42 Å². The maximum absolute atomic E-state index is 6.30. The lowest BCUT2D eigenvalue weighted by molar-refractivity contribution is 0.651. The van der Waals surface area contributed by atoms with Gasteiger partial charge in [0.05, 0.1) is 34.3 Å². The predicted molar refractivity (Wildman–Crippen MR) is 120 cm³/mol. The molecule has 0 spiro atoms. The Kier molecular flexibility index (Phi) is 3.18. The second-order valence-electron chi connectivity index (χ2n) is 7.44.